The van der Waals surface area contributed by atoms with Gasteiger partial charge in [0.1, 0.15) is 5.54 Å². The average molecular weight is 284 g/mol. The van der Waals surface area contributed by atoms with Crippen molar-refractivity contribution in [1.29, 1.82) is 0 Å². The maximum absolute atomic E-state index is 12.9. The molecular formula is C14H24N2O2S. The second-order valence-corrected chi connectivity index (χ2v) is 6.72. The van der Waals surface area contributed by atoms with Gasteiger partial charge in [0.15, 0.2) is 0 Å². The second kappa shape index (κ2) is 6.16. The smallest absolute Gasteiger partial charge is 0.248 e. The fraction of sp³-hybridized carbons (Fsp3) is 0.857. The number of nitrogens with zero attached hydrogens (tertiary/aromatic N) is 1. The van der Waals surface area contributed by atoms with Gasteiger partial charge >= 0.3 is 0 Å². The van der Waals surface area contributed by atoms with Gasteiger partial charge in [-0.1, -0.05) is 19.3 Å². The summed E-state index contributed by atoms with van der Waals surface area (Å²) in [6.45, 7) is 2.73. The van der Waals surface area contributed by atoms with Crippen LogP contribution in [0, 0.1) is 0 Å². The second-order valence-electron chi connectivity index (χ2n) is 5.74. The highest BCUT2D eigenvalue weighted by molar-refractivity contribution is 7.98. The van der Waals surface area contributed by atoms with Gasteiger partial charge in [0.05, 0.1) is 0 Å². The Bertz CT molecular complexity index is 353. The number of rotatable bonds is 3. The predicted octanol–water partition coefficient (Wildman–Crippen LogP) is 1.79. The van der Waals surface area contributed by atoms with Gasteiger partial charge in [-0.3, -0.25) is 9.59 Å². The first kappa shape index (κ1) is 14.7. The molecule has 108 valence electrons. The molecule has 1 aliphatic heterocycles. The number of nitrogens with one attached hydrogen (secondary N) is 1. The Kier molecular flexibility index (Phi) is 4.76. The van der Waals surface area contributed by atoms with Gasteiger partial charge in [-0.15, -0.1) is 0 Å². The SMILES string of the molecule is CSCCN1C(=O)C2(CCCCC2)NC(=O)CC1C. The fourth-order valence-corrected chi connectivity index (χ4v) is 3.61. The number of hydrogen-bond acceptors (Lipinski definition) is 3. The van der Waals surface area contributed by atoms with Crippen molar-refractivity contribution >= 4 is 23.6 Å². The van der Waals surface area contributed by atoms with Gasteiger partial charge in [-0.05, 0) is 26.0 Å². The Labute approximate surface area is 119 Å². The third kappa shape index (κ3) is 3.07. The maximum Gasteiger partial charge on any atom is 0.248 e. The van der Waals surface area contributed by atoms with Crippen molar-refractivity contribution in [2.45, 2.75) is 57.0 Å². The summed E-state index contributed by atoms with van der Waals surface area (Å²) < 4.78 is 0. The zero-order valence-electron chi connectivity index (χ0n) is 11.9. The monoisotopic (exact) mass is 284 g/mol. The highest BCUT2D eigenvalue weighted by Crippen LogP contribution is 2.32. The summed E-state index contributed by atoms with van der Waals surface area (Å²) in [6.07, 6.45) is 7.34. The van der Waals surface area contributed by atoms with Crippen molar-refractivity contribution in [3.05, 3.63) is 0 Å². The molecule has 0 aromatic heterocycles. The lowest BCUT2D eigenvalue weighted by Gasteiger charge is -2.39. The molecule has 2 aliphatic rings. The van der Waals surface area contributed by atoms with Gasteiger partial charge < -0.3 is 10.2 Å². The summed E-state index contributed by atoms with van der Waals surface area (Å²) in [7, 11) is 0. The molecule has 0 aromatic carbocycles. The van der Waals surface area contributed by atoms with E-state index in [2.05, 4.69) is 5.32 Å². The molecule has 2 fully saturated rings. The molecular weight excluding hydrogens is 260 g/mol. The normalized spacial score (nSPS) is 27.3. The molecule has 1 heterocycles. The zero-order chi connectivity index (χ0) is 13.9. The van der Waals surface area contributed by atoms with Crippen LogP contribution in [0.4, 0.5) is 0 Å². The third-order valence-electron chi connectivity index (χ3n) is 4.31. The summed E-state index contributed by atoms with van der Waals surface area (Å²) in [4.78, 5) is 26.9. The summed E-state index contributed by atoms with van der Waals surface area (Å²) in [5.74, 6) is 1.12. The van der Waals surface area contributed by atoms with Gasteiger partial charge in [0.2, 0.25) is 11.8 Å². The molecule has 1 saturated heterocycles. The van der Waals surface area contributed by atoms with Crippen molar-refractivity contribution in [2.75, 3.05) is 18.6 Å². The van der Waals surface area contributed by atoms with E-state index in [1.807, 2.05) is 18.1 Å². The molecule has 2 amide bonds. The Balaban J connectivity index is 2.22. The topological polar surface area (TPSA) is 49.4 Å². The minimum absolute atomic E-state index is 0.0148. The lowest BCUT2D eigenvalue weighted by atomic mass is 9.80. The molecule has 2 rings (SSSR count). The molecule has 1 unspecified atom stereocenters. The Morgan fingerprint density at radius 2 is 2.00 bits per heavy atom. The van der Waals surface area contributed by atoms with Crippen LogP contribution in [0.25, 0.3) is 0 Å². The molecule has 1 aliphatic carbocycles. The summed E-state index contributed by atoms with van der Waals surface area (Å²) in [5.41, 5.74) is -0.599. The summed E-state index contributed by atoms with van der Waals surface area (Å²) in [6, 6.07) is 0.0148. The first-order valence-electron chi connectivity index (χ1n) is 7.20. The van der Waals surface area contributed by atoms with E-state index in [0.29, 0.717) is 6.42 Å². The number of thioether (sulfide) groups is 1. The van der Waals surface area contributed by atoms with Gasteiger partial charge in [-0.2, -0.15) is 11.8 Å². The van der Waals surface area contributed by atoms with Crippen LogP contribution < -0.4 is 5.32 Å². The van der Waals surface area contributed by atoms with Crippen LogP contribution >= 0.6 is 11.8 Å². The number of amides is 2. The highest BCUT2D eigenvalue weighted by Gasteiger charge is 2.46. The third-order valence-corrected chi connectivity index (χ3v) is 4.90. The molecule has 0 radical (unpaired) electrons. The van der Waals surface area contributed by atoms with E-state index in [4.69, 9.17) is 0 Å². The predicted molar refractivity (Wildman–Crippen MR) is 78.1 cm³/mol. The van der Waals surface area contributed by atoms with Crippen molar-refractivity contribution < 1.29 is 9.59 Å². The molecule has 1 N–H and O–H groups in total. The largest absolute Gasteiger partial charge is 0.342 e. The van der Waals surface area contributed by atoms with E-state index in [0.717, 1.165) is 38.0 Å². The standard InChI is InChI=1S/C14H24N2O2S/c1-11-10-12(17)15-14(6-4-3-5-7-14)13(18)16(11)8-9-19-2/h11H,3-10H2,1-2H3,(H,15,17). The fourth-order valence-electron chi connectivity index (χ4n) is 3.23. The van der Waals surface area contributed by atoms with E-state index >= 15 is 0 Å². The van der Waals surface area contributed by atoms with Crippen LogP contribution in [0.5, 0.6) is 0 Å². The van der Waals surface area contributed by atoms with Crippen molar-refractivity contribution in [2.24, 2.45) is 0 Å². The molecule has 1 spiro atoms. The maximum atomic E-state index is 12.9. The van der Waals surface area contributed by atoms with Crippen LogP contribution in [-0.4, -0.2) is 46.8 Å². The number of carbonyl (C=O) groups is 2. The number of carbonyl (C=O) groups excluding carboxylic acids is 2. The first-order chi connectivity index (χ1) is 9.09. The molecule has 19 heavy (non-hydrogen) atoms. The number of hydrogen-bond donors (Lipinski definition) is 1. The van der Waals surface area contributed by atoms with Crippen molar-refractivity contribution in [3.8, 4) is 0 Å². The van der Waals surface area contributed by atoms with Crippen LogP contribution in [0.2, 0.25) is 0 Å². The van der Waals surface area contributed by atoms with Crippen LogP contribution in [-0.2, 0) is 9.59 Å². The molecule has 0 bridgehead atoms. The lowest BCUT2D eigenvalue weighted by Crippen LogP contribution is -2.59. The molecule has 5 heteroatoms. The molecule has 1 saturated carbocycles. The minimum atomic E-state index is -0.599. The van der Waals surface area contributed by atoms with Crippen molar-refractivity contribution in [3.63, 3.8) is 0 Å². The van der Waals surface area contributed by atoms with E-state index < -0.39 is 5.54 Å². The van der Waals surface area contributed by atoms with Crippen LogP contribution in [0.1, 0.15) is 45.4 Å². The quantitative estimate of drug-likeness (QED) is 0.859. The van der Waals surface area contributed by atoms with E-state index in [-0.39, 0.29) is 17.9 Å². The van der Waals surface area contributed by atoms with E-state index in [1.54, 1.807) is 11.8 Å². The summed E-state index contributed by atoms with van der Waals surface area (Å²) >= 11 is 1.74. The van der Waals surface area contributed by atoms with Crippen molar-refractivity contribution in [1.82, 2.24) is 10.2 Å². The van der Waals surface area contributed by atoms with E-state index in [9.17, 15) is 9.59 Å². The Morgan fingerprint density at radius 3 is 2.63 bits per heavy atom. The zero-order valence-corrected chi connectivity index (χ0v) is 12.7. The molecule has 1 atom stereocenters. The first-order valence-corrected chi connectivity index (χ1v) is 8.59. The van der Waals surface area contributed by atoms with Gasteiger partial charge in [0.25, 0.3) is 0 Å². The molecule has 0 aromatic rings. The van der Waals surface area contributed by atoms with Gasteiger partial charge in [-0.25, -0.2) is 0 Å². The van der Waals surface area contributed by atoms with Crippen LogP contribution in [0.3, 0.4) is 0 Å². The van der Waals surface area contributed by atoms with Gasteiger partial charge in [0, 0.05) is 24.8 Å². The Morgan fingerprint density at radius 1 is 1.32 bits per heavy atom. The summed E-state index contributed by atoms with van der Waals surface area (Å²) in [5, 5.41) is 3.04. The average Bonchev–Trinajstić information content (AvgIpc) is 2.46. The van der Waals surface area contributed by atoms with E-state index in [1.165, 1.54) is 6.42 Å². The highest BCUT2D eigenvalue weighted by atomic mass is 32.2. The lowest BCUT2D eigenvalue weighted by molar-refractivity contribution is -0.141. The molecule has 4 nitrogen and oxygen atoms in total. The van der Waals surface area contributed by atoms with Crippen LogP contribution in [0.15, 0.2) is 0 Å². The Hall–Kier alpha value is -0.710. The minimum Gasteiger partial charge on any atom is -0.342 e.